The van der Waals surface area contributed by atoms with Crippen LogP contribution in [0.4, 0.5) is 5.69 Å². The molecule has 172 valence electrons. The molecule has 0 atom stereocenters. The minimum absolute atomic E-state index is 0.0115. The third-order valence-electron chi connectivity index (χ3n) is 4.26. The second-order valence-electron chi connectivity index (χ2n) is 6.59. The zero-order valence-corrected chi connectivity index (χ0v) is 19.6. The van der Waals surface area contributed by atoms with E-state index in [1.54, 1.807) is 50.3 Å². The van der Waals surface area contributed by atoms with Crippen LogP contribution >= 0.6 is 23.4 Å². The summed E-state index contributed by atoms with van der Waals surface area (Å²) < 4.78 is 15.3. The van der Waals surface area contributed by atoms with E-state index >= 15 is 0 Å². The molecule has 0 radical (unpaired) electrons. The van der Waals surface area contributed by atoms with Crippen molar-refractivity contribution in [2.24, 2.45) is 4.99 Å². The van der Waals surface area contributed by atoms with E-state index in [9.17, 15) is 14.7 Å². The molecule has 0 unspecified atom stereocenters. The molecule has 9 heteroatoms. The Morgan fingerprint density at radius 3 is 2.48 bits per heavy atom. The number of ether oxygens (including phenoxy) is 3. The predicted octanol–water partition coefficient (Wildman–Crippen LogP) is 5.48. The summed E-state index contributed by atoms with van der Waals surface area (Å²) in [6, 6.07) is 14.1. The smallest absolute Gasteiger partial charge is 0.344 e. The fourth-order valence-electron chi connectivity index (χ4n) is 2.83. The third kappa shape index (κ3) is 6.40. The summed E-state index contributed by atoms with van der Waals surface area (Å²) in [5, 5.41) is 11.4. The molecule has 1 aliphatic rings. The molecule has 7 nitrogen and oxygen atoms in total. The first-order chi connectivity index (χ1) is 15.9. The summed E-state index contributed by atoms with van der Waals surface area (Å²) in [6.07, 6.45) is 1.67. The van der Waals surface area contributed by atoms with Crippen LogP contribution in [0.1, 0.15) is 19.4 Å². The van der Waals surface area contributed by atoms with E-state index in [1.807, 2.05) is 18.2 Å². The SMILES string of the molecule is CCOC(=O)COc1ccc(/C=C2\SC(=Nc3ccccc3)C(C(=O)OCC)=C2O)cc1Cl. The number of thioether (sulfide) groups is 1. The summed E-state index contributed by atoms with van der Waals surface area (Å²) in [7, 11) is 0. The van der Waals surface area contributed by atoms with E-state index in [-0.39, 0.29) is 36.2 Å². The number of nitrogens with zero attached hydrogens (tertiary/aromatic N) is 1. The molecule has 0 aromatic heterocycles. The molecule has 33 heavy (non-hydrogen) atoms. The first-order valence-electron chi connectivity index (χ1n) is 10.1. The van der Waals surface area contributed by atoms with E-state index < -0.39 is 11.9 Å². The lowest BCUT2D eigenvalue weighted by Crippen LogP contribution is -2.14. The number of benzene rings is 2. The quantitative estimate of drug-likeness (QED) is 0.493. The van der Waals surface area contributed by atoms with Gasteiger partial charge in [-0.2, -0.15) is 0 Å². The van der Waals surface area contributed by atoms with Crippen LogP contribution < -0.4 is 4.74 Å². The molecule has 2 aromatic carbocycles. The number of halogens is 1. The Kier molecular flexibility index (Phi) is 8.57. The van der Waals surface area contributed by atoms with E-state index in [0.29, 0.717) is 26.9 Å². The van der Waals surface area contributed by atoms with Crippen LogP contribution in [-0.4, -0.2) is 41.9 Å². The lowest BCUT2D eigenvalue weighted by atomic mass is 10.1. The van der Waals surface area contributed by atoms with Gasteiger partial charge in [-0.1, -0.05) is 47.6 Å². The van der Waals surface area contributed by atoms with Crippen LogP contribution in [-0.2, 0) is 19.1 Å². The molecular formula is C24H22ClNO6S. The van der Waals surface area contributed by atoms with Crippen molar-refractivity contribution in [1.82, 2.24) is 0 Å². The highest BCUT2D eigenvalue weighted by atomic mass is 35.5. The average Bonchev–Trinajstić information content (AvgIpc) is 3.08. The Bertz CT molecular complexity index is 1130. The normalized spacial score (nSPS) is 15.7. The first kappa shape index (κ1) is 24.4. The van der Waals surface area contributed by atoms with Crippen molar-refractivity contribution in [3.8, 4) is 5.75 Å². The minimum atomic E-state index is -0.652. The highest BCUT2D eigenvalue weighted by molar-refractivity contribution is 8.18. The van der Waals surface area contributed by atoms with Gasteiger partial charge >= 0.3 is 11.9 Å². The van der Waals surface area contributed by atoms with Crippen molar-refractivity contribution in [3.05, 3.63) is 75.4 Å². The zero-order chi connectivity index (χ0) is 23.8. The minimum Gasteiger partial charge on any atom is -0.506 e. The molecule has 0 amide bonds. The van der Waals surface area contributed by atoms with Gasteiger partial charge in [0.1, 0.15) is 22.1 Å². The van der Waals surface area contributed by atoms with Crippen molar-refractivity contribution < 1.29 is 28.9 Å². The van der Waals surface area contributed by atoms with Gasteiger partial charge in [-0.15, -0.1) is 0 Å². The van der Waals surface area contributed by atoms with E-state index in [1.165, 1.54) is 0 Å². The highest BCUT2D eigenvalue weighted by Gasteiger charge is 2.33. The van der Waals surface area contributed by atoms with Crippen LogP contribution in [0.25, 0.3) is 6.08 Å². The van der Waals surface area contributed by atoms with Crippen molar-refractivity contribution in [2.75, 3.05) is 19.8 Å². The third-order valence-corrected chi connectivity index (χ3v) is 5.58. The van der Waals surface area contributed by atoms with Gasteiger partial charge in [0.25, 0.3) is 0 Å². The fourth-order valence-corrected chi connectivity index (χ4v) is 4.10. The maximum absolute atomic E-state index is 12.5. The highest BCUT2D eigenvalue weighted by Crippen LogP contribution is 2.40. The molecule has 0 fully saturated rings. The molecular weight excluding hydrogens is 466 g/mol. The van der Waals surface area contributed by atoms with Gasteiger partial charge in [0.2, 0.25) is 0 Å². The molecule has 0 saturated heterocycles. The second kappa shape index (κ2) is 11.6. The van der Waals surface area contributed by atoms with Gasteiger partial charge < -0.3 is 19.3 Å². The monoisotopic (exact) mass is 487 g/mol. The molecule has 0 bridgehead atoms. The number of aliphatic hydroxyl groups is 1. The molecule has 1 heterocycles. The van der Waals surface area contributed by atoms with Gasteiger partial charge in [-0.05, 0) is 49.8 Å². The molecule has 1 N–H and O–H groups in total. The summed E-state index contributed by atoms with van der Waals surface area (Å²) >= 11 is 7.43. The standard InChI is InChI=1S/C24H22ClNO6S/c1-3-30-20(27)14-32-18-11-10-15(12-17(18)25)13-19-22(28)21(24(29)31-4-2)23(33-19)26-16-8-6-5-7-9-16/h5-13,28H,3-4,14H2,1-2H3/b19-13-,26-23?. The number of aliphatic imine (C=N–C) groups is 1. The number of hydrogen-bond acceptors (Lipinski definition) is 8. The van der Waals surface area contributed by atoms with Crippen LogP contribution in [0, 0.1) is 0 Å². The predicted molar refractivity (Wildman–Crippen MR) is 129 cm³/mol. The van der Waals surface area contributed by atoms with Crippen LogP contribution in [0.5, 0.6) is 5.75 Å². The van der Waals surface area contributed by atoms with Crippen LogP contribution in [0.3, 0.4) is 0 Å². The first-order valence-corrected chi connectivity index (χ1v) is 11.3. The number of carbonyl (C=O) groups excluding carboxylic acids is 2. The number of para-hydroxylation sites is 1. The van der Waals surface area contributed by atoms with Gasteiger partial charge in [-0.3, -0.25) is 0 Å². The molecule has 0 saturated carbocycles. The second-order valence-corrected chi connectivity index (χ2v) is 8.03. The van der Waals surface area contributed by atoms with Gasteiger partial charge in [-0.25, -0.2) is 14.6 Å². The Labute approximate surface area is 200 Å². The summed E-state index contributed by atoms with van der Waals surface area (Å²) in [6.45, 7) is 3.58. The average molecular weight is 488 g/mol. The lowest BCUT2D eigenvalue weighted by Gasteiger charge is -2.08. The van der Waals surface area contributed by atoms with Crippen LogP contribution in [0.15, 0.2) is 69.8 Å². The number of esters is 2. The maximum Gasteiger partial charge on any atom is 0.344 e. The number of hydrogen-bond donors (Lipinski definition) is 1. The van der Waals surface area contributed by atoms with E-state index in [0.717, 1.165) is 11.8 Å². The Hall–Kier alpha value is -3.23. The summed E-state index contributed by atoms with van der Waals surface area (Å²) in [4.78, 5) is 28.9. The van der Waals surface area contributed by atoms with Gasteiger partial charge in [0.05, 0.1) is 28.8 Å². The lowest BCUT2D eigenvalue weighted by molar-refractivity contribution is -0.145. The van der Waals surface area contributed by atoms with Crippen molar-refractivity contribution in [3.63, 3.8) is 0 Å². The number of rotatable bonds is 8. The van der Waals surface area contributed by atoms with E-state index in [4.69, 9.17) is 25.8 Å². The molecule has 3 rings (SSSR count). The van der Waals surface area contributed by atoms with Crippen molar-refractivity contribution in [1.29, 1.82) is 0 Å². The Balaban J connectivity index is 1.88. The topological polar surface area (TPSA) is 94.4 Å². The van der Waals surface area contributed by atoms with Crippen molar-refractivity contribution >= 4 is 52.1 Å². The van der Waals surface area contributed by atoms with E-state index in [2.05, 4.69) is 4.99 Å². The molecule has 0 spiro atoms. The van der Waals surface area contributed by atoms with Crippen LogP contribution in [0.2, 0.25) is 5.02 Å². The van der Waals surface area contributed by atoms with Gasteiger partial charge in [0, 0.05) is 0 Å². The number of carbonyl (C=O) groups is 2. The molecule has 2 aromatic rings. The Morgan fingerprint density at radius 2 is 1.82 bits per heavy atom. The van der Waals surface area contributed by atoms with Gasteiger partial charge in [0.15, 0.2) is 6.61 Å². The Morgan fingerprint density at radius 1 is 1.09 bits per heavy atom. The summed E-state index contributed by atoms with van der Waals surface area (Å²) in [5.41, 5.74) is 1.31. The molecule has 1 aliphatic heterocycles. The zero-order valence-electron chi connectivity index (χ0n) is 18.0. The maximum atomic E-state index is 12.5. The number of aliphatic hydroxyl groups excluding tert-OH is 1. The molecule has 0 aliphatic carbocycles. The fraction of sp³-hybridized carbons (Fsp3) is 0.208. The summed E-state index contributed by atoms with van der Waals surface area (Å²) in [5.74, 6) is -1.04. The largest absolute Gasteiger partial charge is 0.506 e. The van der Waals surface area contributed by atoms with Crippen molar-refractivity contribution in [2.45, 2.75) is 13.8 Å².